The molecule has 162 valence electrons. The van der Waals surface area contributed by atoms with Crippen molar-refractivity contribution in [2.75, 3.05) is 23.3 Å². The van der Waals surface area contributed by atoms with Crippen molar-refractivity contribution in [1.29, 1.82) is 0 Å². The molecule has 0 aliphatic carbocycles. The molecular formula is C22H28ClN3O3S. The lowest BCUT2D eigenvalue weighted by atomic mass is 9.95. The molecule has 1 aliphatic heterocycles. The van der Waals surface area contributed by atoms with Crippen LogP contribution >= 0.6 is 11.6 Å². The van der Waals surface area contributed by atoms with Gasteiger partial charge >= 0.3 is 0 Å². The standard InChI is InChI=1S/C22H28ClN3O3S/c1-3-16(2)25-30(28,29)21-9-7-19(8-10-21)24-22(27)17-11-13-26(14-12-17)20-6-4-5-18(23)15-20/h4-10,15-17,25H,3,11-14H2,1-2H3,(H,24,27). The third-order valence-electron chi connectivity index (χ3n) is 5.44. The van der Waals surface area contributed by atoms with Gasteiger partial charge in [0.1, 0.15) is 0 Å². The first-order valence-electron chi connectivity index (χ1n) is 10.2. The molecule has 30 heavy (non-hydrogen) atoms. The van der Waals surface area contributed by atoms with E-state index in [2.05, 4.69) is 14.9 Å². The molecule has 1 saturated heterocycles. The summed E-state index contributed by atoms with van der Waals surface area (Å²) in [5.41, 5.74) is 1.67. The van der Waals surface area contributed by atoms with Gasteiger partial charge in [0.2, 0.25) is 15.9 Å². The normalized spacial score (nSPS) is 16.3. The molecule has 1 fully saturated rings. The number of anilines is 2. The molecule has 0 spiro atoms. The first-order valence-corrected chi connectivity index (χ1v) is 12.1. The Balaban J connectivity index is 1.55. The van der Waals surface area contributed by atoms with E-state index in [0.717, 1.165) is 31.6 Å². The number of carbonyl (C=O) groups is 1. The van der Waals surface area contributed by atoms with Crippen LogP contribution in [0.4, 0.5) is 11.4 Å². The summed E-state index contributed by atoms with van der Waals surface area (Å²) >= 11 is 6.07. The number of amides is 1. The van der Waals surface area contributed by atoms with Crippen molar-refractivity contribution < 1.29 is 13.2 Å². The zero-order chi connectivity index (χ0) is 21.7. The minimum Gasteiger partial charge on any atom is -0.371 e. The van der Waals surface area contributed by atoms with Crippen LogP contribution < -0.4 is 14.9 Å². The number of nitrogens with one attached hydrogen (secondary N) is 2. The van der Waals surface area contributed by atoms with Crippen LogP contribution in [0, 0.1) is 5.92 Å². The van der Waals surface area contributed by atoms with E-state index in [1.807, 2.05) is 38.1 Å². The Kier molecular flexibility index (Phi) is 7.39. The van der Waals surface area contributed by atoms with E-state index >= 15 is 0 Å². The Morgan fingerprint density at radius 2 is 1.83 bits per heavy atom. The number of rotatable bonds is 7. The predicted molar refractivity (Wildman–Crippen MR) is 122 cm³/mol. The highest BCUT2D eigenvalue weighted by Crippen LogP contribution is 2.26. The zero-order valence-corrected chi connectivity index (χ0v) is 18.8. The van der Waals surface area contributed by atoms with Crippen molar-refractivity contribution in [2.45, 2.75) is 44.0 Å². The number of hydrogen-bond acceptors (Lipinski definition) is 4. The summed E-state index contributed by atoms with van der Waals surface area (Å²) in [7, 11) is -3.55. The van der Waals surface area contributed by atoms with Crippen molar-refractivity contribution in [1.82, 2.24) is 4.72 Å². The number of piperidine rings is 1. The van der Waals surface area contributed by atoms with Crippen LogP contribution in [0.5, 0.6) is 0 Å². The van der Waals surface area contributed by atoms with Crippen LogP contribution in [0.25, 0.3) is 0 Å². The minimum atomic E-state index is -3.55. The molecule has 1 atom stereocenters. The third-order valence-corrected chi connectivity index (χ3v) is 7.28. The van der Waals surface area contributed by atoms with E-state index < -0.39 is 10.0 Å². The summed E-state index contributed by atoms with van der Waals surface area (Å²) in [5.74, 6) is -0.106. The molecule has 1 heterocycles. The first kappa shape index (κ1) is 22.6. The number of benzene rings is 2. The van der Waals surface area contributed by atoms with Crippen molar-refractivity contribution in [3.05, 3.63) is 53.6 Å². The molecular weight excluding hydrogens is 422 g/mol. The first-order chi connectivity index (χ1) is 14.3. The van der Waals surface area contributed by atoms with Crippen LogP contribution in [0.1, 0.15) is 33.1 Å². The van der Waals surface area contributed by atoms with Gasteiger partial charge in [0, 0.05) is 41.4 Å². The van der Waals surface area contributed by atoms with Crippen LogP contribution in [-0.4, -0.2) is 33.5 Å². The van der Waals surface area contributed by atoms with E-state index in [4.69, 9.17) is 11.6 Å². The summed E-state index contributed by atoms with van der Waals surface area (Å²) in [6.07, 6.45) is 2.22. The zero-order valence-electron chi connectivity index (χ0n) is 17.3. The van der Waals surface area contributed by atoms with Gasteiger partial charge in [-0.1, -0.05) is 24.6 Å². The smallest absolute Gasteiger partial charge is 0.240 e. The average molecular weight is 450 g/mol. The molecule has 0 radical (unpaired) electrons. The fourth-order valence-electron chi connectivity index (χ4n) is 3.45. The predicted octanol–water partition coefficient (Wildman–Crippen LogP) is 4.27. The maximum atomic E-state index is 12.6. The second-order valence-corrected chi connectivity index (χ2v) is 9.84. The van der Waals surface area contributed by atoms with Crippen LogP contribution in [0.15, 0.2) is 53.4 Å². The Morgan fingerprint density at radius 3 is 2.43 bits per heavy atom. The van der Waals surface area contributed by atoms with Crippen LogP contribution in [0.2, 0.25) is 5.02 Å². The molecule has 3 rings (SSSR count). The average Bonchev–Trinajstić information content (AvgIpc) is 2.74. The van der Waals surface area contributed by atoms with Gasteiger partial charge in [-0.15, -0.1) is 0 Å². The number of hydrogen-bond donors (Lipinski definition) is 2. The van der Waals surface area contributed by atoms with Gasteiger partial charge in [-0.2, -0.15) is 0 Å². The van der Waals surface area contributed by atoms with Gasteiger partial charge in [0.15, 0.2) is 0 Å². The summed E-state index contributed by atoms with van der Waals surface area (Å²) in [6.45, 7) is 5.32. The minimum absolute atomic E-state index is 0.0333. The molecule has 8 heteroatoms. The summed E-state index contributed by atoms with van der Waals surface area (Å²) < 4.78 is 27.3. The van der Waals surface area contributed by atoms with Crippen molar-refractivity contribution in [3.63, 3.8) is 0 Å². The SMILES string of the molecule is CCC(C)NS(=O)(=O)c1ccc(NC(=O)C2CCN(c3cccc(Cl)c3)CC2)cc1. The Bertz CT molecular complexity index is 971. The van der Waals surface area contributed by atoms with Gasteiger partial charge in [0.25, 0.3) is 0 Å². The molecule has 1 amide bonds. The number of carbonyl (C=O) groups excluding carboxylic acids is 1. The lowest BCUT2D eigenvalue weighted by Gasteiger charge is -2.33. The molecule has 1 aliphatic rings. The van der Waals surface area contributed by atoms with Crippen molar-refractivity contribution in [3.8, 4) is 0 Å². The van der Waals surface area contributed by atoms with Crippen LogP contribution in [0.3, 0.4) is 0 Å². The monoisotopic (exact) mass is 449 g/mol. The largest absolute Gasteiger partial charge is 0.371 e. The molecule has 1 unspecified atom stereocenters. The number of nitrogens with zero attached hydrogens (tertiary/aromatic N) is 1. The maximum Gasteiger partial charge on any atom is 0.240 e. The molecule has 0 bridgehead atoms. The molecule has 6 nitrogen and oxygen atoms in total. The lowest BCUT2D eigenvalue weighted by molar-refractivity contribution is -0.120. The van der Waals surface area contributed by atoms with Crippen molar-refractivity contribution in [2.24, 2.45) is 5.92 Å². The van der Waals surface area contributed by atoms with Gasteiger partial charge in [-0.3, -0.25) is 4.79 Å². The molecule has 2 aromatic carbocycles. The fraction of sp³-hybridized carbons (Fsp3) is 0.409. The molecule has 0 aromatic heterocycles. The fourth-order valence-corrected chi connectivity index (χ4v) is 4.96. The van der Waals surface area contributed by atoms with Crippen molar-refractivity contribution >= 4 is 38.9 Å². The van der Waals surface area contributed by atoms with E-state index in [1.165, 1.54) is 12.1 Å². The third kappa shape index (κ3) is 5.74. The van der Waals surface area contributed by atoms with E-state index in [1.54, 1.807) is 12.1 Å². The highest BCUT2D eigenvalue weighted by molar-refractivity contribution is 7.89. The van der Waals surface area contributed by atoms with E-state index in [9.17, 15) is 13.2 Å². The Labute approximate surface area is 183 Å². The Hall–Kier alpha value is -2.09. The van der Waals surface area contributed by atoms with E-state index in [-0.39, 0.29) is 22.8 Å². The van der Waals surface area contributed by atoms with Gasteiger partial charge in [0.05, 0.1) is 4.90 Å². The second-order valence-electron chi connectivity index (χ2n) is 7.69. The highest BCUT2D eigenvalue weighted by atomic mass is 35.5. The second kappa shape index (κ2) is 9.81. The van der Waals surface area contributed by atoms with Gasteiger partial charge < -0.3 is 10.2 Å². The van der Waals surface area contributed by atoms with Gasteiger partial charge in [-0.05, 0) is 68.7 Å². The molecule has 0 saturated carbocycles. The quantitative estimate of drug-likeness (QED) is 0.661. The lowest BCUT2D eigenvalue weighted by Crippen LogP contribution is -2.38. The maximum absolute atomic E-state index is 12.6. The number of sulfonamides is 1. The van der Waals surface area contributed by atoms with E-state index in [0.29, 0.717) is 17.1 Å². The van der Waals surface area contributed by atoms with Gasteiger partial charge in [-0.25, -0.2) is 13.1 Å². The summed E-state index contributed by atoms with van der Waals surface area (Å²) in [5, 5.41) is 3.62. The molecule has 2 N–H and O–H groups in total. The highest BCUT2D eigenvalue weighted by Gasteiger charge is 2.25. The number of halogens is 1. The Morgan fingerprint density at radius 1 is 1.17 bits per heavy atom. The van der Waals surface area contributed by atoms with Crippen LogP contribution in [-0.2, 0) is 14.8 Å². The summed E-state index contributed by atoms with van der Waals surface area (Å²) in [6, 6.07) is 13.9. The summed E-state index contributed by atoms with van der Waals surface area (Å²) in [4.78, 5) is 15.1. The molecule has 2 aromatic rings. The topological polar surface area (TPSA) is 78.5 Å².